The van der Waals surface area contributed by atoms with Crippen LogP contribution in [0.1, 0.15) is 51.4 Å². The molecule has 2 atom stereocenters. The van der Waals surface area contributed by atoms with E-state index in [-0.39, 0.29) is 5.41 Å². The van der Waals surface area contributed by atoms with Crippen molar-refractivity contribution in [1.82, 2.24) is 15.5 Å². The molecule has 21 heavy (non-hydrogen) atoms. The molecule has 2 aliphatic carbocycles. The van der Waals surface area contributed by atoms with Crippen LogP contribution in [0.15, 0.2) is 0 Å². The van der Waals surface area contributed by atoms with E-state index in [1.807, 2.05) is 0 Å². The minimum atomic E-state index is -0.0931. The molecule has 1 aliphatic heterocycles. The Morgan fingerprint density at radius 1 is 1.24 bits per heavy atom. The molecule has 0 spiro atoms. The summed E-state index contributed by atoms with van der Waals surface area (Å²) in [4.78, 5) is 15.2. The fourth-order valence-electron chi connectivity index (χ4n) is 4.74. The molecule has 1 amide bonds. The second-order valence-electron chi connectivity index (χ2n) is 7.40. The van der Waals surface area contributed by atoms with Gasteiger partial charge < -0.3 is 15.5 Å². The second kappa shape index (κ2) is 6.66. The van der Waals surface area contributed by atoms with Crippen LogP contribution < -0.4 is 10.6 Å². The number of hydrogen-bond acceptors (Lipinski definition) is 3. The third-order valence-corrected chi connectivity index (χ3v) is 6.19. The number of hydrogen-bond donors (Lipinski definition) is 2. The Balaban J connectivity index is 1.47. The molecule has 2 saturated carbocycles. The van der Waals surface area contributed by atoms with Gasteiger partial charge in [0.2, 0.25) is 5.91 Å². The molecular weight excluding hydrogens is 262 g/mol. The highest BCUT2D eigenvalue weighted by Gasteiger charge is 2.49. The summed E-state index contributed by atoms with van der Waals surface area (Å²) in [7, 11) is 2.21. The topological polar surface area (TPSA) is 44.4 Å². The number of likely N-dealkylation sites (N-methyl/N-ethyl adjacent to an activating group) is 1. The first-order valence-corrected chi connectivity index (χ1v) is 8.92. The normalized spacial score (nSPS) is 33.3. The van der Waals surface area contributed by atoms with Crippen LogP contribution in [0.3, 0.4) is 0 Å². The molecule has 3 rings (SSSR count). The zero-order valence-electron chi connectivity index (χ0n) is 13.5. The molecule has 3 aliphatic rings. The standard InChI is InChI=1S/C17H31N3O/c1-20(15-7-2-3-8-15)11-10-19-16(21)17-9-5-4-6-14(17)12-18-13-17/h14-15,18H,2-13H2,1H3,(H,19,21)/t14-,17+/m0/s1. The van der Waals surface area contributed by atoms with Crippen LogP contribution in [0.5, 0.6) is 0 Å². The molecule has 0 bridgehead atoms. The first-order valence-electron chi connectivity index (χ1n) is 8.92. The molecule has 1 heterocycles. The lowest BCUT2D eigenvalue weighted by Crippen LogP contribution is -2.49. The summed E-state index contributed by atoms with van der Waals surface area (Å²) in [6.07, 6.45) is 10.2. The summed E-state index contributed by atoms with van der Waals surface area (Å²) < 4.78 is 0. The summed E-state index contributed by atoms with van der Waals surface area (Å²) in [5.41, 5.74) is -0.0931. The van der Waals surface area contributed by atoms with Gasteiger partial charge in [-0.1, -0.05) is 25.7 Å². The maximum Gasteiger partial charge on any atom is 0.227 e. The average Bonchev–Trinajstić information content (AvgIpc) is 3.16. The van der Waals surface area contributed by atoms with Crippen LogP contribution in [0.4, 0.5) is 0 Å². The van der Waals surface area contributed by atoms with Gasteiger partial charge in [0.15, 0.2) is 0 Å². The van der Waals surface area contributed by atoms with Gasteiger partial charge in [0, 0.05) is 25.7 Å². The summed E-state index contributed by atoms with van der Waals surface area (Å²) in [5, 5.41) is 6.71. The number of carbonyl (C=O) groups excluding carboxylic acids is 1. The van der Waals surface area contributed by atoms with Crippen molar-refractivity contribution in [3.8, 4) is 0 Å². The van der Waals surface area contributed by atoms with Crippen molar-refractivity contribution >= 4 is 5.91 Å². The fraction of sp³-hybridized carbons (Fsp3) is 0.941. The van der Waals surface area contributed by atoms with Crippen LogP contribution in [-0.2, 0) is 4.79 Å². The van der Waals surface area contributed by atoms with Gasteiger partial charge in [0.05, 0.1) is 5.41 Å². The highest BCUT2D eigenvalue weighted by atomic mass is 16.2. The Bertz CT molecular complexity index is 367. The molecule has 0 aromatic rings. The van der Waals surface area contributed by atoms with Gasteiger partial charge in [-0.2, -0.15) is 0 Å². The summed E-state index contributed by atoms with van der Waals surface area (Å²) in [6, 6.07) is 0.746. The number of amides is 1. The second-order valence-corrected chi connectivity index (χ2v) is 7.40. The highest BCUT2D eigenvalue weighted by Crippen LogP contribution is 2.43. The van der Waals surface area contributed by atoms with Gasteiger partial charge in [-0.15, -0.1) is 0 Å². The van der Waals surface area contributed by atoms with Crippen LogP contribution >= 0.6 is 0 Å². The molecule has 2 N–H and O–H groups in total. The predicted molar refractivity (Wildman–Crippen MR) is 85.2 cm³/mol. The lowest BCUT2D eigenvalue weighted by Gasteiger charge is -2.37. The van der Waals surface area contributed by atoms with E-state index in [1.165, 1.54) is 44.9 Å². The van der Waals surface area contributed by atoms with Crippen molar-refractivity contribution < 1.29 is 4.79 Å². The lowest BCUT2D eigenvalue weighted by molar-refractivity contribution is -0.134. The molecule has 0 unspecified atom stereocenters. The van der Waals surface area contributed by atoms with E-state index in [1.54, 1.807) is 0 Å². The van der Waals surface area contributed by atoms with E-state index >= 15 is 0 Å². The molecule has 1 saturated heterocycles. The van der Waals surface area contributed by atoms with Crippen molar-refractivity contribution in [2.75, 3.05) is 33.2 Å². The minimum Gasteiger partial charge on any atom is -0.354 e. The predicted octanol–water partition coefficient (Wildman–Crippen LogP) is 1.76. The van der Waals surface area contributed by atoms with Gasteiger partial charge in [-0.05, 0) is 45.2 Å². The van der Waals surface area contributed by atoms with Crippen molar-refractivity contribution in [1.29, 1.82) is 0 Å². The maximum absolute atomic E-state index is 12.7. The SMILES string of the molecule is CN(CCNC(=O)[C@@]12CCCC[C@H]1CNC2)C1CCCC1. The number of rotatable bonds is 5. The van der Waals surface area contributed by atoms with E-state index in [4.69, 9.17) is 0 Å². The molecule has 0 aromatic carbocycles. The molecule has 0 aromatic heterocycles. The van der Waals surface area contributed by atoms with Crippen LogP contribution in [0.2, 0.25) is 0 Å². The Hall–Kier alpha value is -0.610. The Morgan fingerprint density at radius 3 is 2.81 bits per heavy atom. The number of carbonyl (C=O) groups is 1. The van der Waals surface area contributed by atoms with Crippen LogP contribution in [-0.4, -0.2) is 50.1 Å². The first kappa shape index (κ1) is 15.3. The zero-order valence-corrected chi connectivity index (χ0v) is 13.5. The van der Waals surface area contributed by atoms with Gasteiger partial charge in [0.1, 0.15) is 0 Å². The molecule has 4 heteroatoms. The van der Waals surface area contributed by atoms with Crippen LogP contribution in [0, 0.1) is 11.3 Å². The summed E-state index contributed by atoms with van der Waals surface area (Å²) >= 11 is 0. The molecule has 4 nitrogen and oxygen atoms in total. The van der Waals surface area contributed by atoms with E-state index in [9.17, 15) is 4.79 Å². The number of nitrogens with one attached hydrogen (secondary N) is 2. The molecular formula is C17H31N3O. The zero-order chi connectivity index (χ0) is 14.7. The van der Waals surface area contributed by atoms with Gasteiger partial charge in [-0.25, -0.2) is 0 Å². The van der Waals surface area contributed by atoms with E-state index in [0.717, 1.165) is 38.6 Å². The highest BCUT2D eigenvalue weighted by molar-refractivity contribution is 5.83. The van der Waals surface area contributed by atoms with Crippen molar-refractivity contribution in [2.45, 2.75) is 57.4 Å². The first-order chi connectivity index (χ1) is 10.2. The fourth-order valence-corrected chi connectivity index (χ4v) is 4.74. The Morgan fingerprint density at radius 2 is 2.00 bits per heavy atom. The summed E-state index contributed by atoms with van der Waals surface area (Å²) in [5.74, 6) is 0.885. The van der Waals surface area contributed by atoms with E-state index in [2.05, 4.69) is 22.6 Å². The van der Waals surface area contributed by atoms with E-state index < -0.39 is 0 Å². The monoisotopic (exact) mass is 293 g/mol. The van der Waals surface area contributed by atoms with Crippen molar-refractivity contribution in [2.24, 2.45) is 11.3 Å². The van der Waals surface area contributed by atoms with Crippen LogP contribution in [0.25, 0.3) is 0 Å². The molecule has 0 radical (unpaired) electrons. The number of fused-ring (bicyclic) bond motifs is 1. The molecule has 3 fully saturated rings. The number of nitrogens with zero attached hydrogens (tertiary/aromatic N) is 1. The van der Waals surface area contributed by atoms with Crippen molar-refractivity contribution in [3.05, 3.63) is 0 Å². The van der Waals surface area contributed by atoms with E-state index in [0.29, 0.717) is 11.8 Å². The molecule has 120 valence electrons. The Kier molecular flexibility index (Phi) is 4.85. The minimum absolute atomic E-state index is 0.0931. The van der Waals surface area contributed by atoms with Gasteiger partial charge in [-0.3, -0.25) is 4.79 Å². The average molecular weight is 293 g/mol. The third-order valence-electron chi connectivity index (χ3n) is 6.19. The van der Waals surface area contributed by atoms with Gasteiger partial charge >= 0.3 is 0 Å². The van der Waals surface area contributed by atoms with Crippen molar-refractivity contribution in [3.63, 3.8) is 0 Å². The third kappa shape index (κ3) is 3.11. The quantitative estimate of drug-likeness (QED) is 0.812. The Labute approximate surface area is 129 Å². The lowest BCUT2D eigenvalue weighted by atomic mass is 9.67. The maximum atomic E-state index is 12.7. The summed E-state index contributed by atoms with van der Waals surface area (Å²) in [6.45, 7) is 3.72. The van der Waals surface area contributed by atoms with Gasteiger partial charge in [0.25, 0.3) is 0 Å². The largest absolute Gasteiger partial charge is 0.354 e. The smallest absolute Gasteiger partial charge is 0.227 e.